The number of aromatic amines is 1. The number of hydrogen-bond acceptors (Lipinski definition) is 4. The van der Waals surface area contributed by atoms with Crippen molar-refractivity contribution in [3.63, 3.8) is 0 Å². The maximum Gasteiger partial charge on any atom is 0.328 e. The molecular formula is C21H20N4O2. The third-order valence-corrected chi connectivity index (χ3v) is 4.61. The molecule has 0 aliphatic rings. The van der Waals surface area contributed by atoms with Crippen molar-refractivity contribution in [1.82, 2.24) is 19.5 Å². The molecule has 0 atom stereocenters. The Kier molecular flexibility index (Phi) is 4.24. The van der Waals surface area contributed by atoms with Gasteiger partial charge in [-0.2, -0.15) is 0 Å². The van der Waals surface area contributed by atoms with E-state index in [0.29, 0.717) is 29.5 Å². The Hall–Kier alpha value is -3.41. The molecule has 0 saturated carbocycles. The molecule has 0 aliphatic heterocycles. The van der Waals surface area contributed by atoms with Gasteiger partial charge < -0.3 is 10.1 Å². The van der Waals surface area contributed by atoms with Crippen molar-refractivity contribution < 1.29 is 5.11 Å². The van der Waals surface area contributed by atoms with Crippen LogP contribution in [0.25, 0.3) is 22.6 Å². The zero-order valence-corrected chi connectivity index (χ0v) is 15.2. The van der Waals surface area contributed by atoms with E-state index in [1.165, 1.54) is 5.56 Å². The summed E-state index contributed by atoms with van der Waals surface area (Å²) in [5, 5.41) is 9.45. The number of imidazole rings is 1. The molecule has 2 N–H and O–H groups in total. The van der Waals surface area contributed by atoms with E-state index in [2.05, 4.69) is 29.9 Å². The maximum absolute atomic E-state index is 12.4. The van der Waals surface area contributed by atoms with Gasteiger partial charge in [-0.05, 0) is 29.2 Å². The SMILES string of the molecule is CC(C)c1ccccc1-c1ncc2[nH]c(=O)n(Cc3ccc(O)cc3)c2n1. The molecule has 0 amide bonds. The number of aromatic nitrogens is 4. The first-order valence-electron chi connectivity index (χ1n) is 8.85. The standard InChI is InChI=1S/C21H20N4O2/c1-13(2)16-5-3-4-6-17(16)19-22-11-18-20(24-19)25(21(27)23-18)12-14-7-9-15(26)10-8-14/h3-11,13,26H,12H2,1-2H3,(H,23,27). The third kappa shape index (κ3) is 3.21. The smallest absolute Gasteiger partial charge is 0.328 e. The molecular weight excluding hydrogens is 340 g/mol. The minimum absolute atomic E-state index is 0.194. The predicted octanol–water partition coefficient (Wildman–Crippen LogP) is 3.66. The minimum Gasteiger partial charge on any atom is -0.508 e. The molecule has 2 aromatic carbocycles. The summed E-state index contributed by atoms with van der Waals surface area (Å²) >= 11 is 0. The van der Waals surface area contributed by atoms with Crippen molar-refractivity contribution >= 4 is 11.2 Å². The van der Waals surface area contributed by atoms with Gasteiger partial charge in [0, 0.05) is 5.56 Å². The Morgan fingerprint density at radius 3 is 2.59 bits per heavy atom. The number of H-pyrrole nitrogens is 1. The van der Waals surface area contributed by atoms with Crippen molar-refractivity contribution in [1.29, 1.82) is 0 Å². The molecule has 0 bridgehead atoms. The summed E-state index contributed by atoms with van der Waals surface area (Å²) in [6.45, 7) is 4.63. The van der Waals surface area contributed by atoms with Crippen LogP contribution in [-0.4, -0.2) is 24.6 Å². The fourth-order valence-electron chi connectivity index (χ4n) is 3.21. The van der Waals surface area contributed by atoms with Crippen LogP contribution in [0.1, 0.15) is 30.9 Å². The van der Waals surface area contributed by atoms with Crippen LogP contribution in [0.15, 0.2) is 59.5 Å². The molecule has 27 heavy (non-hydrogen) atoms. The van der Waals surface area contributed by atoms with Gasteiger partial charge in [0.1, 0.15) is 11.3 Å². The maximum atomic E-state index is 12.4. The van der Waals surface area contributed by atoms with E-state index in [1.807, 2.05) is 18.2 Å². The highest BCUT2D eigenvalue weighted by atomic mass is 16.3. The lowest BCUT2D eigenvalue weighted by molar-refractivity contribution is 0.475. The monoisotopic (exact) mass is 360 g/mol. The Bertz CT molecular complexity index is 1160. The second kappa shape index (κ2) is 6.72. The summed E-state index contributed by atoms with van der Waals surface area (Å²) in [7, 11) is 0. The zero-order chi connectivity index (χ0) is 19.0. The van der Waals surface area contributed by atoms with Crippen LogP contribution in [0, 0.1) is 0 Å². The lowest BCUT2D eigenvalue weighted by atomic mass is 9.97. The molecule has 136 valence electrons. The van der Waals surface area contributed by atoms with Gasteiger partial charge in [-0.1, -0.05) is 50.2 Å². The number of benzene rings is 2. The first kappa shape index (κ1) is 17.0. The number of nitrogens with zero attached hydrogens (tertiary/aromatic N) is 3. The van der Waals surface area contributed by atoms with Gasteiger partial charge in [0.2, 0.25) is 0 Å². The Labute approximate surface area is 156 Å². The molecule has 0 fully saturated rings. The fraction of sp³-hybridized carbons (Fsp3) is 0.190. The second-order valence-electron chi connectivity index (χ2n) is 6.86. The highest BCUT2D eigenvalue weighted by Crippen LogP contribution is 2.27. The summed E-state index contributed by atoms with van der Waals surface area (Å²) < 4.78 is 1.59. The summed E-state index contributed by atoms with van der Waals surface area (Å²) in [4.78, 5) is 24.4. The van der Waals surface area contributed by atoms with E-state index in [-0.39, 0.29) is 11.4 Å². The average Bonchev–Trinajstić information content (AvgIpc) is 2.98. The fourth-order valence-corrected chi connectivity index (χ4v) is 3.21. The third-order valence-electron chi connectivity index (χ3n) is 4.61. The molecule has 0 saturated heterocycles. The number of phenolic OH excluding ortho intramolecular Hbond substituents is 1. The molecule has 6 nitrogen and oxygen atoms in total. The number of aromatic hydroxyl groups is 1. The molecule has 4 aromatic rings. The van der Waals surface area contributed by atoms with Crippen LogP contribution in [0.5, 0.6) is 5.75 Å². The van der Waals surface area contributed by atoms with Gasteiger partial charge in [-0.25, -0.2) is 14.8 Å². The molecule has 2 aromatic heterocycles. The first-order valence-corrected chi connectivity index (χ1v) is 8.85. The number of phenols is 1. The van der Waals surface area contributed by atoms with Crippen LogP contribution in [0.3, 0.4) is 0 Å². The minimum atomic E-state index is -0.235. The Balaban J connectivity index is 1.83. The summed E-state index contributed by atoms with van der Waals surface area (Å²) in [6, 6.07) is 14.8. The van der Waals surface area contributed by atoms with Crippen LogP contribution < -0.4 is 5.69 Å². The molecule has 0 radical (unpaired) electrons. The van der Waals surface area contributed by atoms with Crippen LogP contribution in [0.4, 0.5) is 0 Å². The van der Waals surface area contributed by atoms with Gasteiger partial charge in [-0.15, -0.1) is 0 Å². The van der Waals surface area contributed by atoms with Crippen LogP contribution >= 0.6 is 0 Å². The number of nitrogens with one attached hydrogen (secondary N) is 1. The zero-order valence-electron chi connectivity index (χ0n) is 15.2. The van der Waals surface area contributed by atoms with Gasteiger partial charge in [0.05, 0.1) is 12.7 Å². The van der Waals surface area contributed by atoms with Gasteiger partial charge in [-0.3, -0.25) is 4.57 Å². The highest BCUT2D eigenvalue weighted by Gasteiger charge is 2.14. The van der Waals surface area contributed by atoms with E-state index >= 15 is 0 Å². The van der Waals surface area contributed by atoms with E-state index < -0.39 is 0 Å². The van der Waals surface area contributed by atoms with Gasteiger partial charge in [0.15, 0.2) is 11.5 Å². The number of fused-ring (bicyclic) bond motifs is 1. The summed E-state index contributed by atoms with van der Waals surface area (Å²) in [6.07, 6.45) is 1.66. The summed E-state index contributed by atoms with van der Waals surface area (Å²) in [5.41, 5.74) is 3.97. The highest BCUT2D eigenvalue weighted by molar-refractivity contribution is 5.73. The molecule has 0 aliphatic carbocycles. The lowest BCUT2D eigenvalue weighted by Crippen LogP contribution is -2.17. The first-order chi connectivity index (χ1) is 13.0. The van der Waals surface area contributed by atoms with E-state index in [4.69, 9.17) is 4.98 Å². The number of hydrogen-bond donors (Lipinski definition) is 2. The Morgan fingerprint density at radius 1 is 1.11 bits per heavy atom. The van der Waals surface area contributed by atoms with Crippen molar-refractivity contribution in [2.24, 2.45) is 0 Å². The quantitative estimate of drug-likeness (QED) is 0.582. The van der Waals surface area contributed by atoms with E-state index in [1.54, 1.807) is 35.0 Å². The van der Waals surface area contributed by atoms with Crippen LogP contribution in [-0.2, 0) is 6.54 Å². The molecule has 0 unspecified atom stereocenters. The van der Waals surface area contributed by atoms with Crippen LogP contribution in [0.2, 0.25) is 0 Å². The van der Waals surface area contributed by atoms with Crippen molar-refractivity contribution in [2.45, 2.75) is 26.3 Å². The molecule has 4 rings (SSSR count). The number of rotatable bonds is 4. The van der Waals surface area contributed by atoms with Gasteiger partial charge >= 0.3 is 5.69 Å². The molecule has 0 spiro atoms. The van der Waals surface area contributed by atoms with E-state index in [0.717, 1.165) is 11.1 Å². The topological polar surface area (TPSA) is 83.8 Å². The Morgan fingerprint density at radius 2 is 1.85 bits per heavy atom. The largest absolute Gasteiger partial charge is 0.508 e. The summed E-state index contributed by atoms with van der Waals surface area (Å²) in [5.74, 6) is 1.14. The normalized spacial score (nSPS) is 11.4. The van der Waals surface area contributed by atoms with E-state index in [9.17, 15) is 9.90 Å². The van der Waals surface area contributed by atoms with Gasteiger partial charge in [0.25, 0.3) is 0 Å². The van der Waals surface area contributed by atoms with Crippen molar-refractivity contribution in [3.05, 3.63) is 76.3 Å². The molecule has 2 heterocycles. The molecule has 6 heteroatoms. The second-order valence-corrected chi connectivity index (χ2v) is 6.86. The lowest BCUT2D eigenvalue weighted by Gasteiger charge is -2.11. The van der Waals surface area contributed by atoms with Crippen molar-refractivity contribution in [2.75, 3.05) is 0 Å². The average molecular weight is 360 g/mol. The van der Waals surface area contributed by atoms with Crippen molar-refractivity contribution in [3.8, 4) is 17.1 Å². The predicted molar refractivity (Wildman–Crippen MR) is 105 cm³/mol.